The van der Waals surface area contributed by atoms with E-state index in [-0.39, 0.29) is 24.2 Å². The van der Waals surface area contributed by atoms with Crippen molar-refractivity contribution in [2.45, 2.75) is 39.0 Å². The van der Waals surface area contributed by atoms with E-state index in [1.54, 1.807) is 0 Å². The molecule has 0 saturated carbocycles. The lowest BCUT2D eigenvalue weighted by molar-refractivity contribution is -0.148. The molecule has 0 N–H and O–H groups in total. The molecule has 3 rings (SSSR count). The third-order valence-electron chi connectivity index (χ3n) is 4.92. The van der Waals surface area contributed by atoms with Gasteiger partial charge in [-0.1, -0.05) is 6.07 Å². The number of aromatic nitrogens is 1. The lowest BCUT2D eigenvalue weighted by Gasteiger charge is -2.41. The van der Waals surface area contributed by atoms with Crippen LogP contribution < -0.4 is 4.90 Å². The number of hydrogen-bond acceptors (Lipinski definition) is 5. The Morgan fingerprint density at radius 3 is 2.42 bits per heavy atom. The van der Waals surface area contributed by atoms with E-state index in [4.69, 9.17) is 4.74 Å². The summed E-state index contributed by atoms with van der Waals surface area (Å²) in [5.41, 5.74) is 0. The molecule has 0 unspecified atom stereocenters. The molecule has 0 spiro atoms. The fourth-order valence-electron chi connectivity index (χ4n) is 3.66. The number of hydrogen-bond donors (Lipinski definition) is 0. The third-order valence-corrected chi connectivity index (χ3v) is 4.92. The Morgan fingerprint density at radius 2 is 1.83 bits per heavy atom. The van der Waals surface area contributed by atoms with E-state index >= 15 is 0 Å². The molecule has 2 saturated heterocycles. The van der Waals surface area contributed by atoms with Gasteiger partial charge in [0.25, 0.3) is 0 Å². The van der Waals surface area contributed by atoms with Crippen LogP contribution in [0.2, 0.25) is 0 Å². The van der Waals surface area contributed by atoms with Gasteiger partial charge in [0.15, 0.2) is 0 Å². The first-order chi connectivity index (χ1) is 11.5. The van der Waals surface area contributed by atoms with E-state index in [9.17, 15) is 4.79 Å². The normalized spacial score (nSPS) is 27.1. The minimum absolute atomic E-state index is 0.0756. The summed E-state index contributed by atoms with van der Waals surface area (Å²) >= 11 is 0. The molecular weight excluding hydrogens is 304 g/mol. The Labute approximate surface area is 144 Å². The average molecular weight is 332 g/mol. The molecule has 6 heteroatoms. The third kappa shape index (κ3) is 3.87. The number of piperazine rings is 1. The smallest absolute Gasteiger partial charge is 0.239 e. The van der Waals surface area contributed by atoms with Crippen molar-refractivity contribution in [3.63, 3.8) is 0 Å². The van der Waals surface area contributed by atoms with Crippen molar-refractivity contribution >= 4 is 11.7 Å². The summed E-state index contributed by atoms with van der Waals surface area (Å²) in [7, 11) is 0. The highest BCUT2D eigenvalue weighted by Gasteiger charge is 2.32. The zero-order valence-electron chi connectivity index (χ0n) is 14.9. The molecule has 3 heterocycles. The van der Waals surface area contributed by atoms with Gasteiger partial charge in [-0.25, -0.2) is 4.98 Å². The molecular formula is C18H28N4O2. The van der Waals surface area contributed by atoms with Gasteiger partial charge >= 0.3 is 0 Å². The predicted octanol–water partition coefficient (Wildman–Crippen LogP) is 1.23. The summed E-state index contributed by atoms with van der Waals surface area (Å²) in [6.07, 6.45) is 2.06. The number of carbonyl (C=O) groups is 1. The van der Waals surface area contributed by atoms with Crippen LogP contribution in [0.15, 0.2) is 24.4 Å². The minimum atomic E-state index is -0.0756. The van der Waals surface area contributed by atoms with Crippen molar-refractivity contribution in [2.75, 3.05) is 44.2 Å². The number of morpholine rings is 1. The van der Waals surface area contributed by atoms with Gasteiger partial charge in [0.2, 0.25) is 5.91 Å². The van der Waals surface area contributed by atoms with Crippen molar-refractivity contribution < 1.29 is 9.53 Å². The molecule has 0 aromatic carbocycles. The van der Waals surface area contributed by atoms with E-state index in [2.05, 4.69) is 14.8 Å². The number of anilines is 1. The second-order valence-electron chi connectivity index (χ2n) is 6.89. The second-order valence-corrected chi connectivity index (χ2v) is 6.89. The van der Waals surface area contributed by atoms with Crippen molar-refractivity contribution in [3.05, 3.63) is 24.4 Å². The maximum atomic E-state index is 12.8. The van der Waals surface area contributed by atoms with E-state index in [1.165, 1.54) is 0 Å². The second kappa shape index (κ2) is 7.49. The minimum Gasteiger partial charge on any atom is -0.372 e. The lowest BCUT2D eigenvalue weighted by atomic mass is 10.1. The van der Waals surface area contributed by atoms with Gasteiger partial charge in [-0.15, -0.1) is 0 Å². The highest BCUT2D eigenvalue weighted by Crippen LogP contribution is 2.17. The van der Waals surface area contributed by atoms with Gasteiger partial charge in [-0.2, -0.15) is 0 Å². The number of carbonyl (C=O) groups excluding carboxylic acids is 1. The van der Waals surface area contributed by atoms with Crippen LogP contribution in [0.4, 0.5) is 5.82 Å². The van der Waals surface area contributed by atoms with E-state index in [0.29, 0.717) is 13.1 Å². The monoisotopic (exact) mass is 332 g/mol. The highest BCUT2D eigenvalue weighted by atomic mass is 16.5. The molecule has 6 nitrogen and oxygen atoms in total. The molecule has 0 radical (unpaired) electrons. The largest absolute Gasteiger partial charge is 0.372 e. The first-order valence-electron chi connectivity index (χ1n) is 8.89. The zero-order chi connectivity index (χ0) is 17.1. The number of ether oxygens (including phenoxy) is 1. The van der Waals surface area contributed by atoms with Crippen molar-refractivity contribution in [3.8, 4) is 0 Å². The summed E-state index contributed by atoms with van der Waals surface area (Å²) in [6, 6.07) is 5.92. The van der Waals surface area contributed by atoms with Crippen LogP contribution in [-0.4, -0.2) is 78.2 Å². The topological polar surface area (TPSA) is 48.9 Å². The van der Waals surface area contributed by atoms with Crippen LogP contribution in [-0.2, 0) is 9.53 Å². The van der Waals surface area contributed by atoms with Crippen LogP contribution in [0.5, 0.6) is 0 Å². The van der Waals surface area contributed by atoms with Gasteiger partial charge < -0.3 is 14.5 Å². The van der Waals surface area contributed by atoms with Gasteiger partial charge in [0, 0.05) is 45.5 Å². The first-order valence-corrected chi connectivity index (χ1v) is 8.89. The van der Waals surface area contributed by atoms with Crippen LogP contribution >= 0.6 is 0 Å². The average Bonchev–Trinajstić information content (AvgIpc) is 2.60. The summed E-state index contributed by atoms with van der Waals surface area (Å²) in [6.45, 7) is 11.1. The molecule has 1 aromatic rings. The number of amides is 1. The fourth-order valence-corrected chi connectivity index (χ4v) is 3.66. The van der Waals surface area contributed by atoms with Gasteiger partial charge in [-0.3, -0.25) is 9.69 Å². The summed E-state index contributed by atoms with van der Waals surface area (Å²) < 4.78 is 5.73. The molecule has 2 aliphatic heterocycles. The number of pyridine rings is 1. The van der Waals surface area contributed by atoms with Crippen LogP contribution in [0, 0.1) is 0 Å². The number of rotatable bonds is 3. The Morgan fingerprint density at radius 1 is 1.17 bits per heavy atom. The molecule has 3 atom stereocenters. The van der Waals surface area contributed by atoms with Crippen molar-refractivity contribution in [2.24, 2.45) is 0 Å². The Bertz CT molecular complexity index is 535. The number of nitrogens with zero attached hydrogens (tertiary/aromatic N) is 4. The van der Waals surface area contributed by atoms with Crippen LogP contribution in [0.25, 0.3) is 0 Å². The van der Waals surface area contributed by atoms with Crippen LogP contribution in [0.3, 0.4) is 0 Å². The van der Waals surface area contributed by atoms with Crippen LogP contribution in [0.1, 0.15) is 20.8 Å². The summed E-state index contributed by atoms with van der Waals surface area (Å²) in [4.78, 5) is 23.8. The summed E-state index contributed by atoms with van der Waals surface area (Å²) in [5.74, 6) is 1.25. The van der Waals surface area contributed by atoms with Gasteiger partial charge in [0.05, 0.1) is 18.2 Å². The van der Waals surface area contributed by atoms with E-state index < -0.39 is 0 Å². The van der Waals surface area contributed by atoms with Gasteiger partial charge in [-0.05, 0) is 32.9 Å². The SMILES string of the molecule is C[C@@H]1CN(C(=O)[C@H](C)N2CCN(c3ccccn3)CC2)C[C@@H](C)O1. The molecule has 0 aliphatic carbocycles. The van der Waals surface area contributed by atoms with Crippen molar-refractivity contribution in [1.82, 2.24) is 14.8 Å². The standard InChI is InChI=1S/C18H28N4O2/c1-14-12-22(13-15(2)24-14)18(23)16(3)20-8-10-21(11-9-20)17-6-4-5-7-19-17/h4-7,14-16H,8-13H2,1-3H3/t14-,15-,16+/m1/s1. The zero-order valence-corrected chi connectivity index (χ0v) is 14.9. The van der Waals surface area contributed by atoms with Crippen molar-refractivity contribution in [1.29, 1.82) is 0 Å². The van der Waals surface area contributed by atoms with Gasteiger partial charge in [0.1, 0.15) is 5.82 Å². The Balaban J connectivity index is 1.55. The maximum Gasteiger partial charge on any atom is 0.239 e. The molecule has 0 bridgehead atoms. The quantitative estimate of drug-likeness (QED) is 0.833. The van der Waals surface area contributed by atoms with E-state index in [0.717, 1.165) is 32.0 Å². The fraction of sp³-hybridized carbons (Fsp3) is 0.667. The molecule has 2 fully saturated rings. The molecule has 1 amide bonds. The summed E-state index contributed by atoms with van der Waals surface area (Å²) in [5, 5.41) is 0. The van der Waals surface area contributed by atoms with E-state index in [1.807, 2.05) is 50.1 Å². The Hall–Kier alpha value is -1.66. The molecule has 132 valence electrons. The predicted molar refractivity (Wildman–Crippen MR) is 94.1 cm³/mol. The Kier molecular flexibility index (Phi) is 5.36. The lowest BCUT2D eigenvalue weighted by Crippen LogP contribution is -2.57. The molecule has 24 heavy (non-hydrogen) atoms. The highest BCUT2D eigenvalue weighted by molar-refractivity contribution is 5.81. The molecule has 2 aliphatic rings. The maximum absolute atomic E-state index is 12.8. The molecule has 1 aromatic heterocycles. The first kappa shape index (κ1) is 17.2.